The fourth-order valence-electron chi connectivity index (χ4n) is 2.21. The number of carbonyl (C=O) groups excluding carboxylic acids is 1. The van der Waals surface area contributed by atoms with E-state index in [0.29, 0.717) is 11.7 Å². The Morgan fingerprint density at radius 2 is 2.00 bits per heavy atom. The Labute approximate surface area is 118 Å². The van der Waals surface area contributed by atoms with Crippen molar-refractivity contribution in [2.45, 2.75) is 32.1 Å². The molecule has 0 saturated heterocycles. The van der Waals surface area contributed by atoms with Crippen molar-refractivity contribution in [2.24, 2.45) is 11.0 Å². The van der Waals surface area contributed by atoms with E-state index in [1.165, 1.54) is 43.5 Å². The van der Waals surface area contributed by atoms with Crippen molar-refractivity contribution < 1.29 is 13.9 Å². The second-order valence-corrected chi connectivity index (χ2v) is 4.95. The summed E-state index contributed by atoms with van der Waals surface area (Å²) in [6.45, 7) is -0.131. The molecule has 1 saturated carbocycles. The van der Waals surface area contributed by atoms with Gasteiger partial charge in [-0.2, -0.15) is 5.10 Å². The number of nitrogens with zero attached hydrogens (tertiary/aromatic N) is 1. The second-order valence-electron chi connectivity index (χ2n) is 4.95. The first-order valence-electron chi connectivity index (χ1n) is 6.94. The molecule has 1 aliphatic carbocycles. The fourth-order valence-corrected chi connectivity index (χ4v) is 2.21. The number of ether oxygens (including phenoxy) is 1. The SMILES string of the molecule is O=C(COc1ccc(F)cc1)N/N=C\C1CCCCC1. The van der Waals surface area contributed by atoms with Gasteiger partial charge in [-0.1, -0.05) is 19.3 Å². The smallest absolute Gasteiger partial charge is 0.277 e. The molecule has 1 aliphatic rings. The summed E-state index contributed by atoms with van der Waals surface area (Å²) in [6.07, 6.45) is 7.87. The zero-order chi connectivity index (χ0) is 14.2. The van der Waals surface area contributed by atoms with E-state index in [-0.39, 0.29) is 18.3 Å². The van der Waals surface area contributed by atoms with Crippen LogP contribution in [0.25, 0.3) is 0 Å². The van der Waals surface area contributed by atoms with E-state index in [4.69, 9.17) is 4.74 Å². The van der Waals surface area contributed by atoms with Crippen LogP contribution in [0.5, 0.6) is 5.75 Å². The van der Waals surface area contributed by atoms with Gasteiger partial charge < -0.3 is 4.74 Å². The standard InChI is InChI=1S/C15H19FN2O2/c16-13-6-8-14(9-7-13)20-11-15(19)18-17-10-12-4-2-1-3-5-12/h6-10,12H,1-5,11H2,(H,18,19)/b17-10-. The highest BCUT2D eigenvalue weighted by atomic mass is 19.1. The summed E-state index contributed by atoms with van der Waals surface area (Å²) in [5, 5.41) is 3.96. The van der Waals surface area contributed by atoms with E-state index in [9.17, 15) is 9.18 Å². The molecule has 1 aromatic rings. The van der Waals surface area contributed by atoms with Gasteiger partial charge in [0.2, 0.25) is 0 Å². The second kappa shape index (κ2) is 7.62. The Kier molecular flexibility index (Phi) is 5.53. The number of hydrogen-bond donors (Lipinski definition) is 1. The van der Waals surface area contributed by atoms with Crippen molar-refractivity contribution in [1.29, 1.82) is 0 Å². The minimum absolute atomic E-state index is 0.131. The number of rotatable bonds is 5. The predicted octanol–water partition coefficient (Wildman–Crippen LogP) is 2.89. The van der Waals surface area contributed by atoms with Gasteiger partial charge in [-0.25, -0.2) is 9.82 Å². The van der Waals surface area contributed by atoms with E-state index < -0.39 is 0 Å². The molecular weight excluding hydrogens is 259 g/mol. The Morgan fingerprint density at radius 1 is 1.30 bits per heavy atom. The van der Waals surface area contributed by atoms with Crippen LogP contribution in [-0.4, -0.2) is 18.7 Å². The lowest BCUT2D eigenvalue weighted by atomic mass is 9.90. The highest BCUT2D eigenvalue weighted by molar-refractivity contribution is 5.78. The molecule has 20 heavy (non-hydrogen) atoms. The maximum Gasteiger partial charge on any atom is 0.277 e. The summed E-state index contributed by atoms with van der Waals surface area (Å²) >= 11 is 0. The van der Waals surface area contributed by atoms with Crippen LogP contribution in [0.1, 0.15) is 32.1 Å². The van der Waals surface area contributed by atoms with Crippen molar-refractivity contribution in [1.82, 2.24) is 5.43 Å². The summed E-state index contributed by atoms with van der Waals surface area (Å²) in [4.78, 5) is 11.5. The minimum Gasteiger partial charge on any atom is -0.484 e. The third kappa shape index (κ3) is 4.99. The maximum absolute atomic E-state index is 12.7. The van der Waals surface area contributed by atoms with Gasteiger partial charge >= 0.3 is 0 Å². The molecule has 0 spiro atoms. The number of hydrazone groups is 1. The molecule has 0 unspecified atom stereocenters. The van der Waals surface area contributed by atoms with Gasteiger partial charge in [0, 0.05) is 6.21 Å². The number of amides is 1. The molecule has 0 atom stereocenters. The molecule has 0 aromatic heterocycles. The topological polar surface area (TPSA) is 50.7 Å². The Balaban J connectivity index is 1.67. The monoisotopic (exact) mass is 278 g/mol. The normalized spacial score (nSPS) is 16.2. The molecule has 2 rings (SSSR count). The van der Waals surface area contributed by atoms with Crippen LogP contribution in [0.2, 0.25) is 0 Å². The number of hydrogen-bond acceptors (Lipinski definition) is 3. The van der Waals surface area contributed by atoms with Crippen LogP contribution in [0, 0.1) is 11.7 Å². The van der Waals surface area contributed by atoms with Gasteiger partial charge in [0.25, 0.3) is 5.91 Å². The van der Waals surface area contributed by atoms with Crippen LogP contribution >= 0.6 is 0 Å². The molecule has 0 aliphatic heterocycles. The summed E-state index contributed by atoms with van der Waals surface area (Å²) in [5.74, 6) is 0.278. The van der Waals surface area contributed by atoms with E-state index in [2.05, 4.69) is 10.5 Å². The van der Waals surface area contributed by atoms with Gasteiger partial charge in [-0.15, -0.1) is 0 Å². The first-order chi connectivity index (χ1) is 9.74. The summed E-state index contributed by atoms with van der Waals surface area (Å²) in [5.41, 5.74) is 2.44. The van der Waals surface area contributed by atoms with Crippen molar-refractivity contribution in [3.63, 3.8) is 0 Å². The van der Waals surface area contributed by atoms with E-state index >= 15 is 0 Å². The molecule has 1 aromatic carbocycles. The number of nitrogens with one attached hydrogen (secondary N) is 1. The van der Waals surface area contributed by atoms with Crippen LogP contribution in [0.4, 0.5) is 4.39 Å². The largest absolute Gasteiger partial charge is 0.484 e. The molecule has 0 bridgehead atoms. The number of carbonyl (C=O) groups is 1. The molecule has 1 amide bonds. The zero-order valence-electron chi connectivity index (χ0n) is 11.3. The Morgan fingerprint density at radius 3 is 2.70 bits per heavy atom. The van der Waals surface area contributed by atoms with Gasteiger partial charge in [-0.3, -0.25) is 4.79 Å². The van der Waals surface area contributed by atoms with Gasteiger partial charge in [0.05, 0.1) is 0 Å². The molecule has 1 fully saturated rings. The molecular formula is C15H19FN2O2. The highest BCUT2D eigenvalue weighted by Gasteiger charge is 2.10. The third-order valence-corrected chi connectivity index (χ3v) is 3.31. The lowest BCUT2D eigenvalue weighted by Gasteiger charge is -2.16. The highest BCUT2D eigenvalue weighted by Crippen LogP contribution is 2.21. The first kappa shape index (κ1) is 14.5. The minimum atomic E-state index is -0.334. The molecule has 108 valence electrons. The van der Waals surface area contributed by atoms with Crippen LogP contribution in [0.15, 0.2) is 29.4 Å². The Bertz CT molecular complexity index is 453. The van der Waals surface area contributed by atoms with Crippen molar-refractivity contribution >= 4 is 12.1 Å². The van der Waals surface area contributed by atoms with Crippen LogP contribution < -0.4 is 10.2 Å². The lowest BCUT2D eigenvalue weighted by Crippen LogP contribution is -2.25. The molecule has 1 N–H and O–H groups in total. The zero-order valence-corrected chi connectivity index (χ0v) is 11.3. The van der Waals surface area contributed by atoms with Crippen molar-refractivity contribution in [3.05, 3.63) is 30.1 Å². The first-order valence-corrected chi connectivity index (χ1v) is 6.94. The summed E-state index contributed by atoms with van der Waals surface area (Å²) in [7, 11) is 0. The lowest BCUT2D eigenvalue weighted by molar-refractivity contribution is -0.123. The van der Waals surface area contributed by atoms with Gasteiger partial charge in [0.15, 0.2) is 6.61 Å². The van der Waals surface area contributed by atoms with Crippen molar-refractivity contribution in [2.75, 3.05) is 6.61 Å². The molecule has 0 heterocycles. The molecule has 4 nitrogen and oxygen atoms in total. The fraction of sp³-hybridized carbons (Fsp3) is 0.467. The Hall–Kier alpha value is -1.91. The molecule has 0 radical (unpaired) electrons. The maximum atomic E-state index is 12.7. The van der Waals surface area contributed by atoms with Crippen LogP contribution in [-0.2, 0) is 4.79 Å². The number of halogens is 1. The quantitative estimate of drug-likeness (QED) is 0.665. The molecule has 5 heteroatoms. The number of benzene rings is 1. The van der Waals surface area contributed by atoms with E-state index in [1.54, 1.807) is 0 Å². The summed E-state index contributed by atoms with van der Waals surface area (Å²) < 4.78 is 17.9. The third-order valence-electron chi connectivity index (χ3n) is 3.31. The predicted molar refractivity (Wildman–Crippen MR) is 75.1 cm³/mol. The average Bonchev–Trinajstić information content (AvgIpc) is 2.48. The van der Waals surface area contributed by atoms with E-state index in [1.807, 2.05) is 6.21 Å². The average molecular weight is 278 g/mol. The van der Waals surface area contributed by atoms with Crippen molar-refractivity contribution in [3.8, 4) is 5.75 Å². The van der Waals surface area contributed by atoms with E-state index in [0.717, 1.165) is 12.8 Å². The van der Waals surface area contributed by atoms with Crippen LogP contribution in [0.3, 0.4) is 0 Å². The van der Waals surface area contributed by atoms with Gasteiger partial charge in [-0.05, 0) is 43.0 Å². The van der Waals surface area contributed by atoms with Gasteiger partial charge in [0.1, 0.15) is 11.6 Å². The summed E-state index contributed by atoms with van der Waals surface area (Å²) in [6, 6.07) is 5.53.